The smallest absolute Gasteiger partial charge is 0.326 e. The molecule has 0 saturated carbocycles. The molecule has 0 radical (unpaired) electrons. The molecule has 4 N–H and O–H groups in total. The van der Waals surface area contributed by atoms with Crippen molar-refractivity contribution in [2.75, 3.05) is 6.54 Å². The van der Waals surface area contributed by atoms with Gasteiger partial charge in [-0.2, -0.15) is 4.98 Å². The van der Waals surface area contributed by atoms with Crippen LogP contribution < -0.4 is 10.6 Å². The number of carbonyl (C=O) groups excluding carboxylic acids is 1. The number of H-pyrrole nitrogens is 1. The van der Waals surface area contributed by atoms with Crippen molar-refractivity contribution in [2.45, 2.75) is 18.9 Å². The lowest BCUT2D eigenvalue weighted by molar-refractivity contribution is -0.139. The van der Waals surface area contributed by atoms with E-state index in [4.69, 9.17) is 5.11 Å². The molecule has 0 bridgehead atoms. The Hall–Kier alpha value is -2.91. The van der Waals surface area contributed by atoms with Crippen molar-refractivity contribution in [1.29, 1.82) is 0 Å². The summed E-state index contributed by atoms with van der Waals surface area (Å²) in [5.41, 5.74) is 0.620. The van der Waals surface area contributed by atoms with Gasteiger partial charge in [-0.25, -0.2) is 14.6 Å². The minimum absolute atomic E-state index is 0.119. The van der Waals surface area contributed by atoms with Gasteiger partial charge in [0, 0.05) is 31.3 Å². The van der Waals surface area contributed by atoms with Crippen LogP contribution in [0.15, 0.2) is 23.4 Å². The molecule has 0 spiro atoms. The van der Waals surface area contributed by atoms with Crippen LogP contribution in [0.3, 0.4) is 0 Å². The van der Waals surface area contributed by atoms with Crippen LogP contribution in [-0.2, 0) is 17.6 Å². The predicted molar refractivity (Wildman–Crippen MR) is 68.3 cm³/mol. The molecule has 0 aliphatic heterocycles. The number of nitrogens with zero attached hydrogens (tertiary/aromatic N) is 3. The largest absolute Gasteiger partial charge is 0.480 e. The molecule has 2 aromatic rings. The molecule has 10 nitrogen and oxygen atoms in total. The SMILES string of the molecule is O=C(NCCc1ncon1)NC(Cc1cnc[nH]1)C(=O)O. The molecule has 21 heavy (non-hydrogen) atoms. The van der Waals surface area contributed by atoms with Crippen molar-refractivity contribution in [2.24, 2.45) is 0 Å². The topological polar surface area (TPSA) is 146 Å². The zero-order chi connectivity index (χ0) is 15.1. The lowest BCUT2D eigenvalue weighted by Crippen LogP contribution is -2.47. The summed E-state index contributed by atoms with van der Waals surface area (Å²) in [6, 6.07) is -1.62. The van der Waals surface area contributed by atoms with E-state index in [1.807, 2.05) is 0 Å². The molecule has 2 aromatic heterocycles. The fraction of sp³-hybridized carbons (Fsp3) is 0.364. The van der Waals surface area contributed by atoms with Crippen molar-refractivity contribution >= 4 is 12.0 Å². The van der Waals surface area contributed by atoms with Crippen LogP contribution in [0.25, 0.3) is 0 Å². The summed E-state index contributed by atoms with van der Waals surface area (Å²) < 4.78 is 4.55. The minimum atomic E-state index is -1.13. The van der Waals surface area contributed by atoms with Crippen molar-refractivity contribution in [1.82, 2.24) is 30.7 Å². The molecular weight excluding hydrogens is 280 g/mol. The van der Waals surface area contributed by atoms with Crippen LogP contribution >= 0.6 is 0 Å². The van der Waals surface area contributed by atoms with Crippen molar-refractivity contribution in [3.8, 4) is 0 Å². The van der Waals surface area contributed by atoms with E-state index in [1.54, 1.807) is 0 Å². The van der Waals surface area contributed by atoms with Gasteiger partial charge in [-0.15, -0.1) is 0 Å². The van der Waals surface area contributed by atoms with Gasteiger partial charge >= 0.3 is 12.0 Å². The van der Waals surface area contributed by atoms with E-state index in [0.29, 0.717) is 17.9 Å². The van der Waals surface area contributed by atoms with Gasteiger partial charge in [-0.1, -0.05) is 5.16 Å². The fourth-order valence-electron chi connectivity index (χ4n) is 1.62. The van der Waals surface area contributed by atoms with Crippen molar-refractivity contribution in [3.63, 3.8) is 0 Å². The second-order valence-electron chi connectivity index (χ2n) is 4.17. The summed E-state index contributed by atoms with van der Waals surface area (Å²) in [4.78, 5) is 33.1. The Labute approximate surface area is 119 Å². The first-order valence-corrected chi connectivity index (χ1v) is 6.15. The van der Waals surface area contributed by atoms with Crippen LogP contribution in [-0.4, -0.2) is 49.8 Å². The van der Waals surface area contributed by atoms with Gasteiger partial charge in [0.1, 0.15) is 6.04 Å². The molecule has 1 atom stereocenters. The molecular formula is C11H14N6O4. The van der Waals surface area contributed by atoms with Crippen molar-refractivity contribution < 1.29 is 19.2 Å². The highest BCUT2D eigenvalue weighted by Crippen LogP contribution is 1.98. The van der Waals surface area contributed by atoms with E-state index in [-0.39, 0.29) is 13.0 Å². The predicted octanol–water partition coefficient (Wildman–Crippen LogP) is -0.670. The quantitative estimate of drug-likeness (QED) is 0.529. The van der Waals surface area contributed by atoms with E-state index in [1.165, 1.54) is 18.9 Å². The van der Waals surface area contributed by atoms with Crippen molar-refractivity contribution in [3.05, 3.63) is 30.4 Å². The molecule has 0 fully saturated rings. The van der Waals surface area contributed by atoms with E-state index in [9.17, 15) is 9.59 Å². The standard InChI is InChI=1S/C11H14N6O4/c18-10(19)8(3-7-4-12-5-14-7)16-11(20)13-2-1-9-15-6-21-17-9/h4-6,8H,1-3H2,(H,12,14)(H,18,19)(H2,13,16,20). The maximum Gasteiger partial charge on any atom is 0.326 e. The van der Waals surface area contributed by atoms with Gasteiger partial charge in [-0.3, -0.25) is 0 Å². The number of carboxylic acid groups (broad SMARTS) is 1. The number of hydrogen-bond acceptors (Lipinski definition) is 6. The van der Waals surface area contributed by atoms with Crippen LogP contribution in [0.4, 0.5) is 4.79 Å². The minimum Gasteiger partial charge on any atom is -0.480 e. The van der Waals surface area contributed by atoms with Gasteiger partial charge in [0.15, 0.2) is 5.82 Å². The Morgan fingerprint density at radius 2 is 2.33 bits per heavy atom. The van der Waals surface area contributed by atoms with Gasteiger partial charge in [-0.05, 0) is 0 Å². The molecule has 0 aliphatic rings. The summed E-state index contributed by atoms with van der Waals surface area (Å²) in [6.07, 6.45) is 4.65. The summed E-state index contributed by atoms with van der Waals surface area (Å²) in [7, 11) is 0. The molecule has 1 unspecified atom stereocenters. The molecule has 0 aliphatic carbocycles. The number of urea groups is 1. The first-order valence-electron chi connectivity index (χ1n) is 6.15. The first-order chi connectivity index (χ1) is 10.1. The Morgan fingerprint density at radius 3 is 2.95 bits per heavy atom. The normalized spacial score (nSPS) is 11.8. The van der Waals surface area contributed by atoms with Gasteiger partial charge < -0.3 is 25.2 Å². The first kappa shape index (κ1) is 14.5. The molecule has 112 valence electrons. The number of aliphatic carboxylic acids is 1. The highest BCUT2D eigenvalue weighted by atomic mass is 16.5. The molecule has 2 amide bonds. The third kappa shape index (κ3) is 4.60. The zero-order valence-corrected chi connectivity index (χ0v) is 10.9. The number of rotatable bonds is 7. The highest BCUT2D eigenvalue weighted by molar-refractivity contribution is 5.82. The molecule has 0 aromatic carbocycles. The van der Waals surface area contributed by atoms with E-state index < -0.39 is 18.0 Å². The van der Waals surface area contributed by atoms with Crippen LogP contribution in [0.1, 0.15) is 11.5 Å². The number of imidazole rings is 1. The lowest BCUT2D eigenvalue weighted by Gasteiger charge is -2.14. The number of aromatic nitrogens is 4. The Kier molecular flexibility index (Phi) is 4.85. The molecule has 2 heterocycles. The summed E-state index contributed by atoms with van der Waals surface area (Å²) in [5, 5.41) is 17.6. The highest BCUT2D eigenvalue weighted by Gasteiger charge is 2.20. The third-order valence-electron chi connectivity index (χ3n) is 2.62. The summed E-state index contributed by atoms with van der Waals surface area (Å²) in [6.45, 7) is 0.266. The van der Waals surface area contributed by atoms with E-state index >= 15 is 0 Å². The zero-order valence-electron chi connectivity index (χ0n) is 10.9. The number of aromatic amines is 1. The summed E-state index contributed by atoms with van der Waals surface area (Å²) in [5.74, 6) is -0.666. The molecule has 2 rings (SSSR count). The number of carboxylic acids is 1. The average molecular weight is 294 g/mol. The maximum absolute atomic E-state index is 11.6. The molecule has 0 saturated heterocycles. The average Bonchev–Trinajstić information content (AvgIpc) is 3.10. The number of carbonyl (C=O) groups is 2. The van der Waals surface area contributed by atoms with Crippen LogP contribution in [0.5, 0.6) is 0 Å². The monoisotopic (exact) mass is 294 g/mol. The van der Waals surface area contributed by atoms with E-state index in [2.05, 4.69) is 35.3 Å². The second kappa shape index (κ2) is 7.03. The third-order valence-corrected chi connectivity index (χ3v) is 2.62. The van der Waals surface area contributed by atoms with Gasteiger partial charge in [0.25, 0.3) is 0 Å². The fourth-order valence-corrected chi connectivity index (χ4v) is 1.62. The van der Waals surface area contributed by atoms with E-state index in [0.717, 1.165) is 0 Å². The number of amides is 2. The van der Waals surface area contributed by atoms with Crippen LogP contribution in [0.2, 0.25) is 0 Å². The maximum atomic E-state index is 11.6. The number of hydrogen-bond donors (Lipinski definition) is 4. The summed E-state index contributed by atoms with van der Waals surface area (Å²) >= 11 is 0. The lowest BCUT2D eigenvalue weighted by atomic mass is 10.2. The molecule has 10 heteroatoms. The Balaban J connectivity index is 1.76. The Morgan fingerprint density at radius 1 is 1.48 bits per heavy atom. The Bertz CT molecular complexity index is 568. The number of nitrogens with one attached hydrogen (secondary N) is 3. The van der Waals surface area contributed by atoms with Gasteiger partial charge in [0.2, 0.25) is 6.39 Å². The van der Waals surface area contributed by atoms with Crippen LogP contribution in [0, 0.1) is 0 Å². The second-order valence-corrected chi connectivity index (χ2v) is 4.17. The van der Waals surface area contributed by atoms with Gasteiger partial charge in [0.05, 0.1) is 6.33 Å².